The van der Waals surface area contributed by atoms with Gasteiger partial charge in [-0.15, -0.1) is 0 Å². The van der Waals surface area contributed by atoms with Crippen molar-refractivity contribution in [1.82, 2.24) is 4.90 Å². The van der Waals surface area contributed by atoms with Crippen molar-refractivity contribution in [2.45, 2.75) is 36.8 Å². The molecule has 1 unspecified atom stereocenters. The van der Waals surface area contributed by atoms with Gasteiger partial charge in [0.05, 0.1) is 5.69 Å². The molecule has 1 heterocycles. The maximum atomic E-state index is 10.7. The average molecular weight is 387 g/mol. The number of aryl methyl sites for hydroxylation is 2. The van der Waals surface area contributed by atoms with Gasteiger partial charge in [0.15, 0.2) is 6.23 Å². The van der Waals surface area contributed by atoms with Crippen LogP contribution in [-0.2, 0) is 4.74 Å². The first-order chi connectivity index (χ1) is 12.9. The van der Waals surface area contributed by atoms with Gasteiger partial charge >= 0.3 is 6.16 Å². The fraction of sp³-hybridized carbons (Fsp3) is 0.381. The summed E-state index contributed by atoms with van der Waals surface area (Å²) in [6, 6.07) is 15.0. The normalized spacial score (nSPS) is 16.2. The minimum atomic E-state index is -1.22. The minimum absolute atomic E-state index is 0.413. The van der Waals surface area contributed by atoms with Gasteiger partial charge in [0.1, 0.15) is 0 Å². The number of carbonyl (C=O) groups is 1. The fourth-order valence-electron chi connectivity index (χ4n) is 3.38. The monoisotopic (exact) mass is 386 g/mol. The average Bonchev–Trinajstić information content (AvgIpc) is 2.64. The van der Waals surface area contributed by atoms with Gasteiger partial charge in [0.2, 0.25) is 0 Å². The van der Waals surface area contributed by atoms with Crippen molar-refractivity contribution < 1.29 is 14.6 Å². The summed E-state index contributed by atoms with van der Waals surface area (Å²) in [5.41, 5.74) is 3.80. The molecule has 1 aliphatic heterocycles. The Balaban J connectivity index is 1.70. The second kappa shape index (κ2) is 8.67. The maximum Gasteiger partial charge on any atom is 0.507 e. The molecule has 6 heteroatoms. The molecule has 1 aliphatic rings. The van der Waals surface area contributed by atoms with Gasteiger partial charge in [-0.2, -0.15) is 0 Å². The Morgan fingerprint density at radius 1 is 1.07 bits per heavy atom. The quantitative estimate of drug-likeness (QED) is 0.757. The van der Waals surface area contributed by atoms with Crippen LogP contribution in [0.5, 0.6) is 0 Å². The first-order valence-electron chi connectivity index (χ1n) is 9.17. The number of anilines is 1. The Morgan fingerprint density at radius 3 is 2.44 bits per heavy atom. The maximum absolute atomic E-state index is 10.7. The number of carboxylic acid groups (broad SMARTS) is 1. The smallest absolute Gasteiger partial charge is 0.450 e. The van der Waals surface area contributed by atoms with Gasteiger partial charge in [-0.1, -0.05) is 41.6 Å². The molecule has 0 spiro atoms. The molecular weight excluding hydrogens is 360 g/mol. The van der Waals surface area contributed by atoms with Gasteiger partial charge in [-0.25, -0.2) is 4.79 Å². The number of benzene rings is 2. The van der Waals surface area contributed by atoms with Gasteiger partial charge in [-0.3, -0.25) is 4.90 Å². The Hall–Kier alpha value is -2.18. The van der Waals surface area contributed by atoms with Crippen LogP contribution < -0.4 is 4.90 Å². The van der Waals surface area contributed by atoms with Crippen molar-refractivity contribution in [3.8, 4) is 0 Å². The number of rotatable bonds is 5. The highest BCUT2D eigenvalue weighted by atomic mass is 32.2. The van der Waals surface area contributed by atoms with Crippen molar-refractivity contribution in [3.05, 3.63) is 53.6 Å². The van der Waals surface area contributed by atoms with Gasteiger partial charge in [-0.05, 0) is 44.5 Å². The third-order valence-electron chi connectivity index (χ3n) is 4.86. The first kappa shape index (κ1) is 19.6. The number of ether oxygens (including phenoxy) is 1. The van der Waals surface area contributed by atoms with E-state index >= 15 is 0 Å². The molecule has 2 aromatic rings. The molecule has 1 fully saturated rings. The van der Waals surface area contributed by atoms with E-state index in [1.165, 1.54) is 26.6 Å². The molecule has 27 heavy (non-hydrogen) atoms. The number of piperazine rings is 1. The molecular formula is C21H26N2O3S. The van der Waals surface area contributed by atoms with Crippen molar-refractivity contribution >= 4 is 23.6 Å². The fourth-order valence-corrected chi connectivity index (χ4v) is 4.43. The second-order valence-electron chi connectivity index (χ2n) is 6.84. The molecule has 144 valence electrons. The van der Waals surface area contributed by atoms with Crippen molar-refractivity contribution in [2.75, 3.05) is 31.1 Å². The summed E-state index contributed by atoms with van der Waals surface area (Å²) >= 11 is 1.80. The van der Waals surface area contributed by atoms with E-state index in [1.54, 1.807) is 18.7 Å². The van der Waals surface area contributed by atoms with Crippen LogP contribution in [0.2, 0.25) is 0 Å². The molecule has 0 bridgehead atoms. The number of para-hydroxylation sites is 1. The minimum Gasteiger partial charge on any atom is -0.450 e. The molecule has 3 rings (SSSR count). The third kappa shape index (κ3) is 4.96. The van der Waals surface area contributed by atoms with Crippen LogP contribution in [0.1, 0.15) is 18.1 Å². The summed E-state index contributed by atoms with van der Waals surface area (Å²) in [5.74, 6) is 0. The van der Waals surface area contributed by atoms with Crippen molar-refractivity contribution in [3.63, 3.8) is 0 Å². The molecule has 0 aromatic heterocycles. The lowest BCUT2D eigenvalue weighted by Crippen LogP contribution is -2.50. The van der Waals surface area contributed by atoms with Crippen LogP contribution in [0.15, 0.2) is 52.3 Å². The highest BCUT2D eigenvalue weighted by Crippen LogP contribution is 2.37. The molecule has 0 aliphatic carbocycles. The predicted octanol–water partition coefficient (Wildman–Crippen LogP) is 4.62. The SMILES string of the molecule is Cc1ccc(Sc2ccccc2N2CCN(C(C)OC(=O)O)CC2)c(C)c1. The lowest BCUT2D eigenvalue weighted by atomic mass is 10.2. The standard InChI is InChI=1S/C21H26N2O3S/c1-15-8-9-19(16(2)14-15)27-20-7-5-4-6-18(20)23-12-10-22(11-13-23)17(3)26-21(24)25/h4-9,14,17H,10-13H2,1-3H3,(H,24,25). The highest BCUT2D eigenvalue weighted by Gasteiger charge is 2.24. The van der Waals surface area contributed by atoms with Crippen molar-refractivity contribution in [2.24, 2.45) is 0 Å². The van der Waals surface area contributed by atoms with Crippen LogP contribution in [-0.4, -0.2) is 48.6 Å². The van der Waals surface area contributed by atoms with Crippen LogP contribution in [0.4, 0.5) is 10.5 Å². The van der Waals surface area contributed by atoms with Crippen LogP contribution in [0, 0.1) is 13.8 Å². The predicted molar refractivity (Wildman–Crippen MR) is 109 cm³/mol. The molecule has 0 amide bonds. The van der Waals surface area contributed by atoms with E-state index in [4.69, 9.17) is 9.84 Å². The zero-order valence-electron chi connectivity index (χ0n) is 16.0. The largest absolute Gasteiger partial charge is 0.507 e. The molecule has 0 radical (unpaired) electrons. The van der Waals surface area contributed by atoms with Gasteiger partial charge in [0.25, 0.3) is 0 Å². The van der Waals surface area contributed by atoms with E-state index in [1.807, 2.05) is 0 Å². The van der Waals surface area contributed by atoms with E-state index in [0.717, 1.165) is 26.2 Å². The lowest BCUT2D eigenvalue weighted by molar-refractivity contribution is -0.0268. The summed E-state index contributed by atoms with van der Waals surface area (Å²) < 4.78 is 4.88. The number of hydrogen-bond donors (Lipinski definition) is 1. The molecule has 5 nitrogen and oxygen atoms in total. The van der Waals surface area contributed by atoms with Gasteiger partial charge in [0, 0.05) is 36.0 Å². The Kier molecular flexibility index (Phi) is 6.29. The summed E-state index contributed by atoms with van der Waals surface area (Å²) in [6.07, 6.45) is -1.63. The first-order valence-corrected chi connectivity index (χ1v) is 9.98. The highest BCUT2D eigenvalue weighted by molar-refractivity contribution is 7.99. The van der Waals surface area contributed by atoms with E-state index < -0.39 is 12.4 Å². The molecule has 2 aromatic carbocycles. The van der Waals surface area contributed by atoms with Crippen LogP contribution >= 0.6 is 11.8 Å². The zero-order valence-corrected chi connectivity index (χ0v) is 16.8. The number of nitrogens with zero attached hydrogens (tertiary/aromatic N) is 2. The Labute approximate surface area is 164 Å². The molecule has 1 saturated heterocycles. The van der Waals surface area contributed by atoms with Gasteiger partial charge < -0.3 is 14.7 Å². The van der Waals surface area contributed by atoms with Crippen LogP contribution in [0.25, 0.3) is 0 Å². The Morgan fingerprint density at radius 2 is 1.78 bits per heavy atom. The van der Waals surface area contributed by atoms with Crippen LogP contribution in [0.3, 0.4) is 0 Å². The summed E-state index contributed by atoms with van der Waals surface area (Å²) in [5, 5.41) is 8.80. The molecule has 0 saturated carbocycles. The Bertz CT molecular complexity index is 804. The molecule has 1 N–H and O–H groups in total. The third-order valence-corrected chi connectivity index (χ3v) is 6.10. The van der Waals surface area contributed by atoms with E-state index in [0.29, 0.717) is 0 Å². The summed E-state index contributed by atoms with van der Waals surface area (Å²) in [4.78, 5) is 17.7. The lowest BCUT2D eigenvalue weighted by Gasteiger charge is -2.38. The van der Waals surface area contributed by atoms with E-state index in [-0.39, 0.29) is 0 Å². The number of hydrogen-bond acceptors (Lipinski definition) is 5. The van der Waals surface area contributed by atoms with E-state index in [2.05, 4.69) is 66.1 Å². The van der Waals surface area contributed by atoms with Crippen molar-refractivity contribution in [1.29, 1.82) is 0 Å². The zero-order chi connectivity index (χ0) is 19.4. The molecule has 1 atom stereocenters. The topological polar surface area (TPSA) is 53.0 Å². The second-order valence-corrected chi connectivity index (χ2v) is 7.93. The van der Waals surface area contributed by atoms with E-state index in [9.17, 15) is 4.79 Å². The summed E-state index contributed by atoms with van der Waals surface area (Å²) in [6.45, 7) is 9.29. The summed E-state index contributed by atoms with van der Waals surface area (Å²) in [7, 11) is 0.